The van der Waals surface area contributed by atoms with Crippen molar-refractivity contribution in [2.45, 2.75) is 124 Å². The van der Waals surface area contributed by atoms with Gasteiger partial charge < -0.3 is 4.74 Å². The van der Waals surface area contributed by atoms with E-state index in [0.717, 1.165) is 23.7 Å². The first-order valence-corrected chi connectivity index (χ1v) is 13.8. The van der Waals surface area contributed by atoms with E-state index in [-0.39, 0.29) is 11.0 Å². The monoisotopic (exact) mass is 424 g/mol. The molecule has 2 bridgehead atoms. The molecule has 6 fully saturated rings. The van der Waals surface area contributed by atoms with Gasteiger partial charge in [-0.15, -0.1) is 0 Å². The molecule has 0 unspecified atom stereocenters. The minimum absolute atomic E-state index is 0.0614. The molecule has 2 heterocycles. The van der Waals surface area contributed by atoms with Crippen molar-refractivity contribution in [2.75, 3.05) is 0 Å². The molecular formula is C30H48O. The van der Waals surface area contributed by atoms with Crippen molar-refractivity contribution in [2.24, 2.45) is 50.7 Å². The fraction of sp³-hybridized carbons (Fsp3) is 0.933. The zero-order valence-electron chi connectivity index (χ0n) is 21.6. The Hall–Kier alpha value is -0.300. The van der Waals surface area contributed by atoms with Crippen molar-refractivity contribution >= 4 is 0 Å². The van der Waals surface area contributed by atoms with Crippen LogP contribution in [-0.2, 0) is 4.74 Å². The third-order valence-corrected chi connectivity index (χ3v) is 14.1. The van der Waals surface area contributed by atoms with E-state index in [1.807, 2.05) is 0 Å². The third kappa shape index (κ3) is 2.00. The SMILES string of the molecule is C=C1[C@H]2CC[C@]3(O2)[C@]1(C)CC[C@@H]1[C@@]3(C)CC[C@@]2(C)[C@@H]3CC[C@H](C(C)C)[C@@]3(C)CC[C@]12C. The highest BCUT2D eigenvalue weighted by Gasteiger charge is 2.78. The van der Waals surface area contributed by atoms with Crippen molar-refractivity contribution < 1.29 is 4.74 Å². The molecule has 31 heavy (non-hydrogen) atoms. The fourth-order valence-corrected chi connectivity index (χ4v) is 12.3. The van der Waals surface area contributed by atoms with Crippen LogP contribution in [0.4, 0.5) is 0 Å². The van der Waals surface area contributed by atoms with Gasteiger partial charge >= 0.3 is 0 Å². The fourth-order valence-electron chi connectivity index (χ4n) is 12.3. The first-order valence-electron chi connectivity index (χ1n) is 13.8. The van der Waals surface area contributed by atoms with Gasteiger partial charge in [0.15, 0.2) is 0 Å². The van der Waals surface area contributed by atoms with Gasteiger partial charge in [0, 0.05) is 10.8 Å². The van der Waals surface area contributed by atoms with Crippen molar-refractivity contribution in [3.8, 4) is 0 Å². The van der Waals surface area contributed by atoms with Gasteiger partial charge in [0.1, 0.15) is 0 Å². The van der Waals surface area contributed by atoms with E-state index in [4.69, 9.17) is 4.74 Å². The van der Waals surface area contributed by atoms with Crippen LogP contribution < -0.4 is 0 Å². The summed E-state index contributed by atoms with van der Waals surface area (Å²) in [6, 6.07) is 0. The van der Waals surface area contributed by atoms with Crippen molar-refractivity contribution in [1.29, 1.82) is 0 Å². The van der Waals surface area contributed by atoms with E-state index in [1.165, 1.54) is 69.8 Å². The van der Waals surface area contributed by atoms with Gasteiger partial charge in [0.25, 0.3) is 0 Å². The Bertz CT molecular complexity index is 828. The molecule has 1 heteroatoms. The largest absolute Gasteiger partial charge is 0.366 e. The Kier molecular flexibility index (Phi) is 4.01. The molecular weight excluding hydrogens is 376 g/mol. The summed E-state index contributed by atoms with van der Waals surface area (Å²) in [5.41, 5.74) is 3.55. The Labute approximate surface area is 192 Å². The first-order chi connectivity index (χ1) is 14.4. The number of hydrogen-bond acceptors (Lipinski definition) is 1. The molecule has 1 nitrogen and oxygen atoms in total. The average molecular weight is 425 g/mol. The van der Waals surface area contributed by atoms with Crippen LogP contribution in [0.2, 0.25) is 0 Å². The summed E-state index contributed by atoms with van der Waals surface area (Å²) >= 11 is 0. The second kappa shape index (κ2) is 5.84. The standard InChI is InChI=1S/C30H48O/c1-19(2)21-9-10-23-25(21,4)15-16-28(7)24-12-13-26(5)20(3)22-11-14-30(26,31-22)29(24,8)18-17-27(23,28)6/h19,21-24H,3,9-18H2,1-2,4-8H3/t21-,22-,23-,24+,25-,26-,27+,28-,29-,30+/m1/s1. The molecule has 4 saturated carbocycles. The summed E-state index contributed by atoms with van der Waals surface area (Å²) in [6.45, 7) is 23.0. The third-order valence-electron chi connectivity index (χ3n) is 14.1. The van der Waals surface area contributed by atoms with Crippen molar-refractivity contribution in [1.82, 2.24) is 0 Å². The molecule has 10 atom stereocenters. The molecule has 1 spiro atoms. The van der Waals surface area contributed by atoms with E-state index < -0.39 is 0 Å². The maximum atomic E-state index is 7.06. The molecule has 4 aliphatic carbocycles. The smallest absolute Gasteiger partial charge is 0.0838 e. The summed E-state index contributed by atoms with van der Waals surface area (Å²) in [4.78, 5) is 0. The minimum atomic E-state index is 0.0614. The molecule has 2 saturated heterocycles. The van der Waals surface area contributed by atoms with Crippen LogP contribution in [0.1, 0.15) is 113 Å². The van der Waals surface area contributed by atoms with Crippen LogP contribution in [0, 0.1) is 50.7 Å². The normalized spacial score (nSPS) is 62.4. The van der Waals surface area contributed by atoms with E-state index in [0.29, 0.717) is 27.8 Å². The quantitative estimate of drug-likeness (QED) is 0.385. The maximum absolute atomic E-state index is 7.06. The molecule has 0 N–H and O–H groups in total. The van der Waals surface area contributed by atoms with Gasteiger partial charge in [0.05, 0.1) is 11.7 Å². The van der Waals surface area contributed by atoms with Crippen LogP contribution in [0.3, 0.4) is 0 Å². The zero-order chi connectivity index (χ0) is 22.2. The lowest BCUT2D eigenvalue weighted by molar-refractivity contribution is -0.275. The molecule has 174 valence electrons. The van der Waals surface area contributed by atoms with Gasteiger partial charge in [-0.2, -0.15) is 0 Å². The lowest BCUT2D eigenvalue weighted by Crippen LogP contribution is -2.70. The molecule has 2 aliphatic heterocycles. The number of ether oxygens (including phenoxy) is 1. The Morgan fingerprint density at radius 2 is 1.39 bits per heavy atom. The lowest BCUT2D eigenvalue weighted by Gasteiger charge is -2.74. The molecule has 6 rings (SSSR count). The number of hydrogen-bond donors (Lipinski definition) is 0. The Balaban J connectivity index is 1.43. The van der Waals surface area contributed by atoms with E-state index in [9.17, 15) is 0 Å². The maximum Gasteiger partial charge on any atom is 0.0838 e. The van der Waals surface area contributed by atoms with Crippen LogP contribution in [0.5, 0.6) is 0 Å². The molecule has 0 aromatic carbocycles. The number of rotatable bonds is 1. The van der Waals surface area contributed by atoms with E-state index >= 15 is 0 Å². The molecule has 6 aliphatic rings. The topological polar surface area (TPSA) is 9.23 Å². The predicted molar refractivity (Wildman–Crippen MR) is 129 cm³/mol. The van der Waals surface area contributed by atoms with E-state index in [1.54, 1.807) is 0 Å². The lowest BCUT2D eigenvalue weighted by atomic mass is 9.31. The van der Waals surface area contributed by atoms with Gasteiger partial charge in [0.2, 0.25) is 0 Å². The summed E-state index contributed by atoms with van der Waals surface area (Å²) in [5, 5.41) is 0. The average Bonchev–Trinajstić information content (AvgIpc) is 3.36. The van der Waals surface area contributed by atoms with Gasteiger partial charge in [-0.3, -0.25) is 0 Å². The summed E-state index contributed by atoms with van der Waals surface area (Å²) in [6.07, 6.45) is 14.2. The molecule has 0 radical (unpaired) electrons. The molecule has 0 aromatic heterocycles. The van der Waals surface area contributed by atoms with Crippen LogP contribution in [-0.4, -0.2) is 11.7 Å². The van der Waals surface area contributed by atoms with Crippen molar-refractivity contribution in [3.63, 3.8) is 0 Å². The Morgan fingerprint density at radius 3 is 2.10 bits per heavy atom. The summed E-state index contributed by atoms with van der Waals surface area (Å²) in [7, 11) is 0. The summed E-state index contributed by atoms with van der Waals surface area (Å²) in [5.74, 6) is 3.48. The van der Waals surface area contributed by atoms with E-state index in [2.05, 4.69) is 55.0 Å². The zero-order valence-corrected chi connectivity index (χ0v) is 21.6. The highest BCUT2D eigenvalue weighted by Crippen LogP contribution is 2.81. The molecule has 0 amide bonds. The number of fused-ring (bicyclic) bond motifs is 6. The van der Waals surface area contributed by atoms with Gasteiger partial charge in [-0.1, -0.05) is 55.0 Å². The van der Waals surface area contributed by atoms with Crippen LogP contribution >= 0.6 is 0 Å². The summed E-state index contributed by atoms with van der Waals surface area (Å²) < 4.78 is 7.06. The van der Waals surface area contributed by atoms with Crippen LogP contribution in [0.15, 0.2) is 12.2 Å². The highest BCUT2D eigenvalue weighted by atomic mass is 16.5. The highest BCUT2D eigenvalue weighted by molar-refractivity contribution is 5.37. The predicted octanol–water partition coefficient (Wildman–Crippen LogP) is 8.19. The molecule has 0 aromatic rings. The second-order valence-corrected chi connectivity index (χ2v) is 14.7. The van der Waals surface area contributed by atoms with Crippen LogP contribution in [0.25, 0.3) is 0 Å². The van der Waals surface area contributed by atoms with Gasteiger partial charge in [-0.05, 0) is 110 Å². The second-order valence-electron chi connectivity index (χ2n) is 14.7. The van der Waals surface area contributed by atoms with Crippen molar-refractivity contribution in [3.05, 3.63) is 12.2 Å². The van der Waals surface area contributed by atoms with Gasteiger partial charge in [-0.25, -0.2) is 0 Å². The minimum Gasteiger partial charge on any atom is -0.366 e. The Morgan fingerprint density at radius 1 is 0.742 bits per heavy atom. The first kappa shape index (κ1) is 21.2.